The molecule has 0 fully saturated rings. The first-order chi connectivity index (χ1) is 10.6. The van der Waals surface area contributed by atoms with Crippen LogP contribution in [0, 0.1) is 12.7 Å². The monoisotopic (exact) mass is 298 g/mol. The molecule has 0 N–H and O–H groups in total. The van der Waals surface area contributed by atoms with Gasteiger partial charge in [0.15, 0.2) is 5.69 Å². The van der Waals surface area contributed by atoms with E-state index in [-0.39, 0.29) is 11.5 Å². The van der Waals surface area contributed by atoms with E-state index in [1.54, 1.807) is 19.1 Å². The van der Waals surface area contributed by atoms with Crippen LogP contribution in [-0.2, 0) is 11.3 Å². The van der Waals surface area contributed by atoms with Crippen LogP contribution in [0.15, 0.2) is 42.6 Å². The number of carbonyl (C=O) groups excluding carboxylic acids is 1. The second-order valence-electron chi connectivity index (χ2n) is 5.13. The van der Waals surface area contributed by atoms with Crippen molar-refractivity contribution in [3.63, 3.8) is 0 Å². The van der Waals surface area contributed by atoms with Gasteiger partial charge in [0.05, 0.1) is 7.11 Å². The molecule has 0 unspecified atom stereocenters. The summed E-state index contributed by atoms with van der Waals surface area (Å²) in [7, 11) is 1.32. The van der Waals surface area contributed by atoms with E-state index in [1.165, 1.54) is 13.2 Å². The van der Waals surface area contributed by atoms with Crippen molar-refractivity contribution < 1.29 is 13.9 Å². The number of aromatic nitrogens is 2. The number of ether oxygens (including phenoxy) is 1. The van der Waals surface area contributed by atoms with Crippen LogP contribution in [0.1, 0.15) is 21.6 Å². The van der Waals surface area contributed by atoms with Crippen molar-refractivity contribution in [1.82, 2.24) is 9.55 Å². The number of hydrogen-bond donors (Lipinski definition) is 0. The SMILES string of the molecule is COC(=O)c1ccc2ccn(Cc3ccc(C)c(F)c3)c2n1. The lowest BCUT2D eigenvalue weighted by molar-refractivity contribution is 0.0594. The number of rotatable bonds is 3. The van der Waals surface area contributed by atoms with Crippen LogP contribution in [0.5, 0.6) is 0 Å². The third kappa shape index (κ3) is 2.57. The largest absolute Gasteiger partial charge is 0.464 e. The van der Waals surface area contributed by atoms with Crippen LogP contribution in [0.25, 0.3) is 11.0 Å². The molecule has 0 aliphatic heterocycles. The standard InChI is InChI=1S/C17H15FN2O2/c1-11-3-4-12(9-14(11)18)10-20-8-7-13-5-6-15(17(21)22-2)19-16(13)20/h3-9H,10H2,1-2H3. The minimum Gasteiger partial charge on any atom is -0.464 e. The topological polar surface area (TPSA) is 44.1 Å². The zero-order valence-corrected chi connectivity index (χ0v) is 12.3. The number of halogens is 1. The third-order valence-electron chi connectivity index (χ3n) is 3.60. The van der Waals surface area contributed by atoms with Gasteiger partial charge in [-0.05, 0) is 42.3 Å². The van der Waals surface area contributed by atoms with Crippen molar-refractivity contribution in [3.8, 4) is 0 Å². The van der Waals surface area contributed by atoms with Crippen LogP contribution < -0.4 is 0 Å². The predicted octanol–water partition coefficient (Wildman–Crippen LogP) is 3.32. The number of carbonyl (C=O) groups is 1. The number of esters is 1. The molecule has 2 aromatic heterocycles. The van der Waals surface area contributed by atoms with E-state index in [9.17, 15) is 9.18 Å². The minimum absolute atomic E-state index is 0.225. The summed E-state index contributed by atoms with van der Waals surface area (Å²) in [6.45, 7) is 2.21. The van der Waals surface area contributed by atoms with Crippen molar-refractivity contribution in [2.24, 2.45) is 0 Å². The minimum atomic E-state index is -0.476. The van der Waals surface area contributed by atoms with Crippen LogP contribution in [0.4, 0.5) is 4.39 Å². The van der Waals surface area contributed by atoms with E-state index in [4.69, 9.17) is 0 Å². The predicted molar refractivity (Wildman–Crippen MR) is 81.3 cm³/mol. The van der Waals surface area contributed by atoms with Crippen LogP contribution in [0.3, 0.4) is 0 Å². The highest BCUT2D eigenvalue weighted by molar-refractivity contribution is 5.90. The smallest absolute Gasteiger partial charge is 0.356 e. The van der Waals surface area contributed by atoms with Crippen LogP contribution in [0.2, 0.25) is 0 Å². The molecule has 3 rings (SSSR count). The van der Waals surface area contributed by atoms with E-state index < -0.39 is 5.97 Å². The molecule has 0 aliphatic rings. The van der Waals surface area contributed by atoms with Crippen LogP contribution in [-0.4, -0.2) is 22.6 Å². The number of nitrogens with zero attached hydrogens (tertiary/aromatic N) is 2. The van der Waals surface area contributed by atoms with Crippen molar-refractivity contribution in [2.75, 3.05) is 7.11 Å². The summed E-state index contributed by atoms with van der Waals surface area (Å²) in [5.74, 6) is -0.701. The molecule has 0 saturated heterocycles. The first-order valence-corrected chi connectivity index (χ1v) is 6.88. The number of methoxy groups -OCH3 is 1. The Hall–Kier alpha value is -2.69. The molecule has 2 heterocycles. The summed E-state index contributed by atoms with van der Waals surface area (Å²) in [4.78, 5) is 15.9. The van der Waals surface area contributed by atoms with Gasteiger partial charge in [0, 0.05) is 18.1 Å². The highest BCUT2D eigenvalue weighted by Crippen LogP contribution is 2.17. The second-order valence-corrected chi connectivity index (χ2v) is 5.13. The van der Waals surface area contributed by atoms with Gasteiger partial charge in [-0.3, -0.25) is 0 Å². The maximum absolute atomic E-state index is 13.7. The maximum Gasteiger partial charge on any atom is 0.356 e. The highest BCUT2D eigenvalue weighted by Gasteiger charge is 2.11. The number of fused-ring (bicyclic) bond motifs is 1. The molecule has 1 aromatic carbocycles. The lowest BCUT2D eigenvalue weighted by Gasteiger charge is -2.07. The Bertz CT molecular complexity index is 855. The van der Waals surface area contributed by atoms with E-state index in [0.29, 0.717) is 17.8 Å². The zero-order valence-electron chi connectivity index (χ0n) is 12.3. The van der Waals surface area contributed by atoms with E-state index in [1.807, 2.05) is 29.0 Å². The number of benzene rings is 1. The summed E-state index contributed by atoms with van der Waals surface area (Å²) >= 11 is 0. The normalized spacial score (nSPS) is 10.9. The lowest BCUT2D eigenvalue weighted by atomic mass is 10.1. The average molecular weight is 298 g/mol. The van der Waals surface area contributed by atoms with Crippen molar-refractivity contribution in [2.45, 2.75) is 13.5 Å². The third-order valence-corrected chi connectivity index (χ3v) is 3.60. The first-order valence-electron chi connectivity index (χ1n) is 6.88. The quantitative estimate of drug-likeness (QED) is 0.697. The molecule has 0 spiro atoms. The Morgan fingerprint density at radius 1 is 1.27 bits per heavy atom. The van der Waals surface area contributed by atoms with Crippen molar-refractivity contribution >= 4 is 17.0 Å². The van der Waals surface area contributed by atoms with Gasteiger partial charge < -0.3 is 9.30 Å². The Labute approximate surface area is 127 Å². The molecule has 0 bridgehead atoms. The lowest BCUT2D eigenvalue weighted by Crippen LogP contribution is -2.06. The van der Waals surface area contributed by atoms with Gasteiger partial charge in [-0.1, -0.05) is 12.1 Å². The Morgan fingerprint density at radius 2 is 2.09 bits per heavy atom. The van der Waals surface area contributed by atoms with Gasteiger partial charge >= 0.3 is 5.97 Å². The molecular formula is C17H15FN2O2. The molecule has 0 atom stereocenters. The Kier molecular flexibility index (Phi) is 3.63. The summed E-state index contributed by atoms with van der Waals surface area (Å²) < 4.78 is 20.2. The molecule has 0 aliphatic carbocycles. The zero-order chi connectivity index (χ0) is 15.7. The van der Waals surface area contributed by atoms with Gasteiger partial charge in [-0.15, -0.1) is 0 Å². The fraction of sp³-hybridized carbons (Fsp3) is 0.176. The van der Waals surface area contributed by atoms with E-state index in [2.05, 4.69) is 9.72 Å². The van der Waals surface area contributed by atoms with Crippen LogP contribution >= 0.6 is 0 Å². The number of aryl methyl sites for hydroxylation is 1. The summed E-state index contributed by atoms with van der Waals surface area (Å²) in [6, 6.07) is 10.5. The fourth-order valence-corrected chi connectivity index (χ4v) is 2.34. The molecule has 5 heteroatoms. The second kappa shape index (κ2) is 5.60. The molecule has 0 saturated carbocycles. The molecule has 0 amide bonds. The number of hydrogen-bond acceptors (Lipinski definition) is 3. The van der Waals surface area contributed by atoms with Gasteiger partial charge in [0.2, 0.25) is 0 Å². The first kappa shape index (κ1) is 14.3. The van der Waals surface area contributed by atoms with E-state index >= 15 is 0 Å². The molecular weight excluding hydrogens is 283 g/mol. The summed E-state index contributed by atoms with van der Waals surface area (Å²) in [6.07, 6.45) is 1.87. The molecule has 0 radical (unpaired) electrons. The maximum atomic E-state index is 13.7. The van der Waals surface area contributed by atoms with Gasteiger partial charge in [-0.25, -0.2) is 14.2 Å². The fourth-order valence-electron chi connectivity index (χ4n) is 2.34. The summed E-state index contributed by atoms with van der Waals surface area (Å²) in [5, 5.41) is 0.917. The van der Waals surface area contributed by atoms with Crippen molar-refractivity contribution in [1.29, 1.82) is 0 Å². The Morgan fingerprint density at radius 3 is 2.82 bits per heavy atom. The van der Waals surface area contributed by atoms with Gasteiger partial charge in [-0.2, -0.15) is 0 Å². The molecule has 3 aromatic rings. The molecule has 112 valence electrons. The number of pyridine rings is 1. The Balaban J connectivity index is 1.99. The highest BCUT2D eigenvalue weighted by atomic mass is 19.1. The molecule has 4 nitrogen and oxygen atoms in total. The molecule has 22 heavy (non-hydrogen) atoms. The van der Waals surface area contributed by atoms with Gasteiger partial charge in [0.25, 0.3) is 0 Å². The summed E-state index contributed by atoms with van der Waals surface area (Å²) in [5.41, 5.74) is 2.38. The van der Waals surface area contributed by atoms with Gasteiger partial charge in [0.1, 0.15) is 11.5 Å². The van der Waals surface area contributed by atoms with Crippen molar-refractivity contribution in [3.05, 3.63) is 65.2 Å². The average Bonchev–Trinajstić information content (AvgIpc) is 2.92. The van der Waals surface area contributed by atoms with E-state index in [0.717, 1.165) is 10.9 Å².